The largest absolute Gasteiger partial charge is 0.469 e. The molecule has 0 aliphatic carbocycles. The van der Waals surface area contributed by atoms with Gasteiger partial charge in [0.1, 0.15) is 11.9 Å². The fraction of sp³-hybridized carbons (Fsp3) is 0.250. The van der Waals surface area contributed by atoms with Crippen molar-refractivity contribution in [3.8, 4) is 0 Å². The standard InChI is InChI=1S/C20H22ClN3O2S.HI/c21-19-9-8-18(27-19)17(25)14-24-20(22-11-10-16-7-4-12-26-16)23-13-15-5-2-1-3-6-15;/h1-9,12,17,25H,10-11,13-14H2,(H2,22,23,24);1H. The minimum atomic E-state index is -0.642. The van der Waals surface area contributed by atoms with E-state index in [1.807, 2.05) is 48.5 Å². The molecule has 2 aromatic heterocycles. The third-order valence-electron chi connectivity index (χ3n) is 3.89. The van der Waals surface area contributed by atoms with Gasteiger partial charge >= 0.3 is 0 Å². The highest BCUT2D eigenvalue weighted by Gasteiger charge is 2.11. The second-order valence-electron chi connectivity index (χ2n) is 5.95. The van der Waals surface area contributed by atoms with Crippen LogP contribution in [0.5, 0.6) is 0 Å². The van der Waals surface area contributed by atoms with Crippen LogP contribution in [0.2, 0.25) is 4.34 Å². The van der Waals surface area contributed by atoms with Crippen LogP contribution < -0.4 is 10.6 Å². The van der Waals surface area contributed by atoms with Crippen LogP contribution in [0.15, 0.2) is 70.3 Å². The number of aliphatic hydroxyl groups excluding tert-OH is 1. The topological polar surface area (TPSA) is 69.8 Å². The summed E-state index contributed by atoms with van der Waals surface area (Å²) in [6.07, 6.45) is 1.78. The number of benzene rings is 1. The Morgan fingerprint density at radius 3 is 2.61 bits per heavy atom. The molecule has 5 nitrogen and oxygen atoms in total. The highest BCUT2D eigenvalue weighted by molar-refractivity contribution is 14.0. The van der Waals surface area contributed by atoms with E-state index in [9.17, 15) is 5.11 Å². The number of nitrogens with zero attached hydrogens (tertiary/aromatic N) is 1. The number of furan rings is 1. The first-order chi connectivity index (χ1) is 13.2. The molecule has 3 rings (SSSR count). The SMILES string of the molecule is I.OC(CNC(=NCc1ccccc1)NCCc1ccco1)c1ccc(Cl)s1. The lowest BCUT2D eigenvalue weighted by Gasteiger charge is -2.15. The van der Waals surface area contributed by atoms with Crippen molar-refractivity contribution < 1.29 is 9.52 Å². The summed E-state index contributed by atoms with van der Waals surface area (Å²) in [6, 6.07) is 17.5. The Bertz CT molecular complexity index is 840. The summed E-state index contributed by atoms with van der Waals surface area (Å²) < 4.78 is 6.02. The van der Waals surface area contributed by atoms with Crippen LogP contribution in [0, 0.1) is 0 Å². The third-order valence-corrected chi connectivity index (χ3v) is 5.22. The van der Waals surface area contributed by atoms with Gasteiger partial charge in [-0.3, -0.25) is 0 Å². The van der Waals surface area contributed by atoms with Crippen LogP contribution in [-0.4, -0.2) is 24.2 Å². The minimum Gasteiger partial charge on any atom is -0.469 e. The lowest BCUT2D eigenvalue weighted by molar-refractivity contribution is 0.184. The van der Waals surface area contributed by atoms with Gasteiger partial charge in [0.2, 0.25) is 0 Å². The van der Waals surface area contributed by atoms with E-state index in [1.54, 1.807) is 12.3 Å². The van der Waals surface area contributed by atoms with Crippen molar-refractivity contribution in [2.75, 3.05) is 13.1 Å². The molecule has 1 atom stereocenters. The van der Waals surface area contributed by atoms with E-state index in [2.05, 4.69) is 15.6 Å². The zero-order valence-electron chi connectivity index (χ0n) is 15.2. The quantitative estimate of drug-likeness (QED) is 0.225. The van der Waals surface area contributed by atoms with Gasteiger partial charge in [-0.25, -0.2) is 4.99 Å². The van der Waals surface area contributed by atoms with E-state index in [0.29, 0.717) is 29.9 Å². The minimum absolute atomic E-state index is 0. The molecule has 28 heavy (non-hydrogen) atoms. The Hall–Kier alpha value is -1.55. The number of thiophene rings is 1. The van der Waals surface area contributed by atoms with Gasteiger partial charge in [0.15, 0.2) is 5.96 Å². The van der Waals surface area contributed by atoms with Crippen molar-refractivity contribution >= 4 is 52.9 Å². The van der Waals surface area contributed by atoms with Crippen molar-refractivity contribution in [2.45, 2.75) is 19.1 Å². The summed E-state index contributed by atoms with van der Waals surface area (Å²) in [7, 11) is 0. The predicted octanol–water partition coefficient (Wildman–Crippen LogP) is 4.62. The fourth-order valence-electron chi connectivity index (χ4n) is 2.49. The van der Waals surface area contributed by atoms with Crippen LogP contribution in [0.1, 0.15) is 22.3 Å². The molecule has 0 spiro atoms. The van der Waals surface area contributed by atoms with E-state index >= 15 is 0 Å². The van der Waals surface area contributed by atoms with E-state index < -0.39 is 6.10 Å². The molecule has 1 unspecified atom stereocenters. The highest BCUT2D eigenvalue weighted by atomic mass is 127. The molecule has 0 saturated carbocycles. The smallest absolute Gasteiger partial charge is 0.191 e. The number of halogens is 2. The summed E-state index contributed by atoms with van der Waals surface area (Å²) in [5.74, 6) is 1.56. The van der Waals surface area contributed by atoms with E-state index in [-0.39, 0.29) is 24.0 Å². The molecule has 0 aliphatic rings. The summed E-state index contributed by atoms with van der Waals surface area (Å²) >= 11 is 7.32. The van der Waals surface area contributed by atoms with E-state index in [1.165, 1.54) is 11.3 Å². The Labute approximate surface area is 190 Å². The van der Waals surface area contributed by atoms with Gasteiger partial charge in [0.05, 0.1) is 17.1 Å². The van der Waals surface area contributed by atoms with Gasteiger partial charge in [-0.15, -0.1) is 35.3 Å². The molecular formula is C20H23ClIN3O2S. The average Bonchev–Trinajstić information content (AvgIpc) is 3.36. The molecule has 0 radical (unpaired) electrons. The Morgan fingerprint density at radius 1 is 1.11 bits per heavy atom. The van der Waals surface area contributed by atoms with Crippen molar-refractivity contribution in [1.29, 1.82) is 0 Å². The predicted molar refractivity (Wildman–Crippen MR) is 126 cm³/mol. The van der Waals surface area contributed by atoms with Crippen molar-refractivity contribution in [3.63, 3.8) is 0 Å². The summed E-state index contributed by atoms with van der Waals surface area (Å²) in [5.41, 5.74) is 1.12. The van der Waals surface area contributed by atoms with Gasteiger partial charge in [-0.2, -0.15) is 0 Å². The number of aliphatic hydroxyl groups is 1. The van der Waals surface area contributed by atoms with Crippen LogP contribution in [0.25, 0.3) is 0 Å². The highest BCUT2D eigenvalue weighted by Crippen LogP contribution is 2.26. The Balaban J connectivity index is 0.00000280. The van der Waals surface area contributed by atoms with Gasteiger partial charge in [-0.05, 0) is 29.8 Å². The van der Waals surface area contributed by atoms with Crippen LogP contribution >= 0.6 is 46.9 Å². The zero-order valence-corrected chi connectivity index (χ0v) is 19.1. The van der Waals surface area contributed by atoms with Gasteiger partial charge in [-0.1, -0.05) is 41.9 Å². The second kappa shape index (κ2) is 12.1. The molecule has 150 valence electrons. The fourth-order valence-corrected chi connectivity index (χ4v) is 3.54. The number of aliphatic imine (C=N–C) groups is 1. The second-order valence-corrected chi connectivity index (χ2v) is 7.69. The van der Waals surface area contributed by atoms with E-state index in [0.717, 1.165) is 22.6 Å². The van der Waals surface area contributed by atoms with Crippen molar-refractivity contribution in [3.05, 3.63) is 81.4 Å². The van der Waals surface area contributed by atoms with E-state index in [4.69, 9.17) is 16.0 Å². The van der Waals surface area contributed by atoms with Crippen LogP contribution in [0.3, 0.4) is 0 Å². The first-order valence-electron chi connectivity index (χ1n) is 8.72. The maximum Gasteiger partial charge on any atom is 0.191 e. The lowest BCUT2D eigenvalue weighted by Crippen LogP contribution is -2.40. The first kappa shape index (κ1) is 22.7. The summed E-state index contributed by atoms with van der Waals surface area (Å²) in [5, 5.41) is 16.8. The summed E-state index contributed by atoms with van der Waals surface area (Å²) in [4.78, 5) is 5.44. The monoisotopic (exact) mass is 531 g/mol. The molecule has 8 heteroatoms. The molecule has 0 fully saturated rings. The number of hydrogen-bond donors (Lipinski definition) is 3. The normalized spacial score (nSPS) is 12.3. The molecular weight excluding hydrogens is 509 g/mol. The molecule has 0 amide bonds. The number of rotatable bonds is 8. The number of nitrogens with one attached hydrogen (secondary N) is 2. The summed E-state index contributed by atoms with van der Waals surface area (Å²) in [6.45, 7) is 1.57. The maximum atomic E-state index is 10.3. The Kier molecular flexibility index (Phi) is 9.83. The molecule has 0 bridgehead atoms. The molecule has 3 N–H and O–H groups in total. The molecule has 0 saturated heterocycles. The van der Waals surface area contributed by atoms with Gasteiger partial charge in [0.25, 0.3) is 0 Å². The van der Waals surface area contributed by atoms with Gasteiger partial charge < -0.3 is 20.2 Å². The maximum absolute atomic E-state index is 10.3. The first-order valence-corrected chi connectivity index (χ1v) is 9.92. The van der Waals surface area contributed by atoms with Gasteiger partial charge in [0, 0.05) is 24.4 Å². The molecule has 0 aliphatic heterocycles. The third kappa shape index (κ3) is 7.46. The lowest BCUT2D eigenvalue weighted by atomic mass is 10.2. The average molecular weight is 532 g/mol. The van der Waals surface area contributed by atoms with Crippen molar-refractivity contribution in [1.82, 2.24) is 10.6 Å². The number of hydrogen-bond acceptors (Lipinski definition) is 4. The van der Waals surface area contributed by atoms with Crippen LogP contribution in [-0.2, 0) is 13.0 Å². The molecule has 1 aromatic carbocycles. The number of guanidine groups is 1. The van der Waals surface area contributed by atoms with Crippen LogP contribution in [0.4, 0.5) is 0 Å². The zero-order chi connectivity index (χ0) is 18.9. The Morgan fingerprint density at radius 2 is 1.93 bits per heavy atom. The molecule has 2 heterocycles. The molecule has 3 aromatic rings. The van der Waals surface area contributed by atoms with Crippen molar-refractivity contribution in [2.24, 2.45) is 4.99 Å².